The van der Waals surface area contributed by atoms with Gasteiger partial charge in [0.15, 0.2) is 9.84 Å². The molecule has 1 aromatic carbocycles. The minimum absolute atomic E-state index is 0.100. The molecule has 0 radical (unpaired) electrons. The third-order valence-corrected chi connectivity index (χ3v) is 6.10. The van der Waals surface area contributed by atoms with Crippen molar-refractivity contribution in [2.45, 2.75) is 38.1 Å². The highest BCUT2D eigenvalue weighted by molar-refractivity contribution is 7.91. The topological polar surface area (TPSA) is 128 Å². The summed E-state index contributed by atoms with van der Waals surface area (Å²) < 4.78 is 34.7. The zero-order valence-corrected chi connectivity index (χ0v) is 17.3. The van der Waals surface area contributed by atoms with Gasteiger partial charge in [0.2, 0.25) is 0 Å². The molecule has 1 unspecified atom stereocenters. The van der Waals surface area contributed by atoms with Crippen LogP contribution in [0.3, 0.4) is 0 Å². The molecule has 2 rings (SSSR count). The predicted octanol–water partition coefficient (Wildman–Crippen LogP) is 1.55. The molecule has 0 saturated heterocycles. The summed E-state index contributed by atoms with van der Waals surface area (Å²) in [5, 5.41) is 5.08. The van der Waals surface area contributed by atoms with Gasteiger partial charge in [-0.3, -0.25) is 0 Å². The first kappa shape index (κ1) is 22.4. The van der Waals surface area contributed by atoms with Gasteiger partial charge in [-0.25, -0.2) is 22.8 Å². The molecule has 2 N–H and O–H groups in total. The van der Waals surface area contributed by atoms with Crippen molar-refractivity contribution < 1.29 is 32.3 Å². The van der Waals surface area contributed by atoms with Gasteiger partial charge in [0.25, 0.3) is 0 Å². The van der Waals surface area contributed by atoms with E-state index in [0.717, 1.165) is 0 Å². The Balaban J connectivity index is 2.32. The Bertz CT molecular complexity index is 938. The van der Waals surface area contributed by atoms with Crippen LogP contribution in [0, 0.1) is 0 Å². The highest BCUT2D eigenvalue weighted by Crippen LogP contribution is 2.20. The minimum Gasteiger partial charge on any atom is -0.463 e. The van der Waals surface area contributed by atoms with E-state index in [1.165, 1.54) is 31.2 Å². The van der Waals surface area contributed by atoms with Crippen molar-refractivity contribution in [2.24, 2.45) is 0 Å². The number of amides is 2. The first-order valence-electron chi connectivity index (χ1n) is 9.21. The number of nitrogens with one attached hydrogen (secondary N) is 2. The Morgan fingerprint density at radius 2 is 1.76 bits per heavy atom. The van der Waals surface area contributed by atoms with Gasteiger partial charge in [0, 0.05) is 0 Å². The summed E-state index contributed by atoms with van der Waals surface area (Å²) in [6.07, 6.45) is 0.427. The SMILES string of the molecule is CCOC(=O)C1=C(COC(=O)c2ccccc2S(=O)(=O)CC)NC(=O)NC1CC. The Kier molecular flexibility index (Phi) is 7.38. The van der Waals surface area contributed by atoms with Crippen LogP contribution in [0.2, 0.25) is 0 Å². The molecular weight excluding hydrogens is 400 g/mol. The van der Waals surface area contributed by atoms with E-state index in [4.69, 9.17) is 9.47 Å². The minimum atomic E-state index is -3.64. The Hall–Kier alpha value is -2.88. The number of benzene rings is 1. The maximum Gasteiger partial charge on any atom is 0.339 e. The van der Waals surface area contributed by atoms with Gasteiger partial charge < -0.3 is 20.1 Å². The molecule has 10 heteroatoms. The number of carbonyl (C=O) groups excluding carboxylic acids is 3. The fourth-order valence-corrected chi connectivity index (χ4v) is 3.94. The smallest absolute Gasteiger partial charge is 0.339 e. The second kappa shape index (κ2) is 9.55. The summed E-state index contributed by atoms with van der Waals surface area (Å²) in [6.45, 7) is 4.63. The first-order valence-corrected chi connectivity index (χ1v) is 10.9. The summed E-state index contributed by atoms with van der Waals surface area (Å²) in [5.41, 5.74) is 0.152. The van der Waals surface area contributed by atoms with Crippen LogP contribution in [0.5, 0.6) is 0 Å². The van der Waals surface area contributed by atoms with Gasteiger partial charge >= 0.3 is 18.0 Å². The lowest BCUT2D eigenvalue weighted by Crippen LogP contribution is -2.51. The zero-order chi connectivity index (χ0) is 21.6. The summed E-state index contributed by atoms with van der Waals surface area (Å²) in [7, 11) is -3.64. The molecular formula is C19H24N2O7S. The van der Waals surface area contributed by atoms with Crippen LogP contribution in [-0.4, -0.2) is 51.4 Å². The van der Waals surface area contributed by atoms with Crippen LogP contribution in [0.25, 0.3) is 0 Å². The number of hydrogen-bond donors (Lipinski definition) is 2. The van der Waals surface area contributed by atoms with Crippen molar-refractivity contribution in [3.8, 4) is 0 Å². The van der Waals surface area contributed by atoms with Gasteiger partial charge in [-0.1, -0.05) is 26.0 Å². The van der Waals surface area contributed by atoms with Crippen LogP contribution in [0.4, 0.5) is 4.79 Å². The number of sulfone groups is 1. The summed E-state index contributed by atoms with van der Waals surface area (Å²) in [6, 6.07) is 4.58. The highest BCUT2D eigenvalue weighted by atomic mass is 32.2. The number of esters is 2. The molecule has 158 valence electrons. The van der Waals surface area contributed by atoms with Crippen LogP contribution in [0.15, 0.2) is 40.4 Å². The molecule has 0 aliphatic carbocycles. The molecule has 1 aliphatic rings. The van der Waals surface area contributed by atoms with E-state index in [1.807, 2.05) is 0 Å². The molecule has 1 aromatic rings. The quantitative estimate of drug-likeness (QED) is 0.606. The fourth-order valence-electron chi connectivity index (χ4n) is 2.85. The maximum atomic E-state index is 12.6. The number of rotatable bonds is 8. The number of hydrogen-bond acceptors (Lipinski definition) is 7. The highest BCUT2D eigenvalue weighted by Gasteiger charge is 2.32. The monoisotopic (exact) mass is 424 g/mol. The van der Waals surface area contributed by atoms with E-state index in [2.05, 4.69) is 10.6 Å². The van der Waals surface area contributed by atoms with Crippen LogP contribution in [-0.2, 0) is 24.1 Å². The molecule has 29 heavy (non-hydrogen) atoms. The van der Waals surface area contributed by atoms with Crippen molar-refractivity contribution in [3.05, 3.63) is 41.1 Å². The summed E-state index contributed by atoms with van der Waals surface area (Å²) in [5.74, 6) is -1.68. The normalized spacial score (nSPS) is 16.7. The third kappa shape index (κ3) is 5.14. The van der Waals surface area contributed by atoms with Crippen molar-refractivity contribution in [1.82, 2.24) is 10.6 Å². The Labute approximate surface area is 169 Å². The maximum absolute atomic E-state index is 12.6. The van der Waals surface area contributed by atoms with Crippen molar-refractivity contribution in [2.75, 3.05) is 19.0 Å². The number of urea groups is 1. The zero-order valence-electron chi connectivity index (χ0n) is 16.5. The molecule has 2 amide bonds. The number of carbonyl (C=O) groups is 3. The Morgan fingerprint density at radius 1 is 1.07 bits per heavy atom. The van der Waals surface area contributed by atoms with E-state index in [1.54, 1.807) is 13.8 Å². The first-order chi connectivity index (χ1) is 13.7. The molecule has 0 aromatic heterocycles. The van der Waals surface area contributed by atoms with Gasteiger partial charge in [-0.2, -0.15) is 0 Å². The van der Waals surface area contributed by atoms with Crippen LogP contribution in [0.1, 0.15) is 37.6 Å². The average molecular weight is 424 g/mol. The molecule has 0 bridgehead atoms. The van der Waals surface area contributed by atoms with Crippen LogP contribution >= 0.6 is 0 Å². The van der Waals surface area contributed by atoms with E-state index in [0.29, 0.717) is 6.42 Å². The van der Waals surface area contributed by atoms with E-state index < -0.39 is 40.5 Å². The lowest BCUT2D eigenvalue weighted by atomic mass is 10.0. The second-order valence-corrected chi connectivity index (χ2v) is 8.39. The van der Waals surface area contributed by atoms with E-state index in [-0.39, 0.29) is 34.1 Å². The van der Waals surface area contributed by atoms with Crippen molar-refractivity contribution in [3.63, 3.8) is 0 Å². The summed E-state index contributed by atoms with van der Waals surface area (Å²) >= 11 is 0. The van der Waals surface area contributed by atoms with E-state index in [9.17, 15) is 22.8 Å². The Morgan fingerprint density at radius 3 is 2.38 bits per heavy atom. The molecule has 1 atom stereocenters. The number of ether oxygens (including phenoxy) is 2. The van der Waals surface area contributed by atoms with Gasteiger partial charge in [-0.15, -0.1) is 0 Å². The third-order valence-electron chi connectivity index (χ3n) is 4.32. The molecule has 9 nitrogen and oxygen atoms in total. The van der Waals surface area contributed by atoms with Crippen LogP contribution < -0.4 is 10.6 Å². The molecule has 0 saturated carbocycles. The van der Waals surface area contributed by atoms with Crippen molar-refractivity contribution in [1.29, 1.82) is 0 Å². The molecule has 1 heterocycles. The molecule has 0 spiro atoms. The van der Waals surface area contributed by atoms with Crippen molar-refractivity contribution >= 4 is 27.8 Å². The van der Waals surface area contributed by atoms with Gasteiger partial charge in [0.1, 0.15) is 6.61 Å². The average Bonchev–Trinajstić information content (AvgIpc) is 2.71. The largest absolute Gasteiger partial charge is 0.463 e. The molecule has 0 fully saturated rings. The second-order valence-electron chi connectivity index (χ2n) is 6.15. The fraction of sp³-hybridized carbons (Fsp3) is 0.421. The predicted molar refractivity (Wildman–Crippen MR) is 104 cm³/mol. The summed E-state index contributed by atoms with van der Waals surface area (Å²) in [4.78, 5) is 36.6. The molecule has 1 aliphatic heterocycles. The van der Waals surface area contributed by atoms with E-state index >= 15 is 0 Å². The lowest BCUT2D eigenvalue weighted by Gasteiger charge is -2.28. The van der Waals surface area contributed by atoms with Gasteiger partial charge in [-0.05, 0) is 25.5 Å². The lowest BCUT2D eigenvalue weighted by molar-refractivity contribution is -0.139. The van der Waals surface area contributed by atoms with Gasteiger partial charge in [0.05, 0.1) is 40.1 Å². The standard InChI is InChI=1S/C19H24N2O7S/c1-4-13-16(18(23)27-5-2)14(21-19(24)20-13)11-28-17(22)12-9-7-8-10-15(12)29(25,26)6-3/h7-10,13H,4-6,11H2,1-3H3,(H2,20,21,24).